The van der Waals surface area contributed by atoms with Crippen LogP contribution in [0.2, 0.25) is 0 Å². The van der Waals surface area contributed by atoms with Crippen molar-refractivity contribution in [3.05, 3.63) is 6.20 Å². The number of hydrogen-bond donors (Lipinski definition) is 2. The fourth-order valence-corrected chi connectivity index (χ4v) is 2.08. The molecule has 0 saturated carbocycles. The largest absolute Gasteiger partial charge is 0.473 e. The second-order valence-corrected chi connectivity index (χ2v) is 4.91. The summed E-state index contributed by atoms with van der Waals surface area (Å²) in [5.74, 6) is 0.476. The van der Waals surface area contributed by atoms with Gasteiger partial charge in [-0.15, -0.1) is 4.37 Å². The minimum atomic E-state index is -0.525. The van der Waals surface area contributed by atoms with Crippen molar-refractivity contribution in [2.24, 2.45) is 0 Å². The first-order valence-electron chi connectivity index (χ1n) is 6.77. The van der Waals surface area contributed by atoms with Crippen molar-refractivity contribution in [3.8, 4) is 5.88 Å². The number of nitrogens with zero attached hydrogens (tertiary/aromatic N) is 3. The van der Waals surface area contributed by atoms with Crippen LogP contribution in [0.1, 0.15) is 20.3 Å². The van der Waals surface area contributed by atoms with E-state index in [-0.39, 0.29) is 6.61 Å². The van der Waals surface area contributed by atoms with E-state index in [9.17, 15) is 5.11 Å². The van der Waals surface area contributed by atoms with Crippen LogP contribution in [0.3, 0.4) is 0 Å². The summed E-state index contributed by atoms with van der Waals surface area (Å²) in [5, 5.41) is 13.0. The number of hydrogen-bond acceptors (Lipinski definition) is 7. The molecule has 0 aromatic carbocycles. The van der Waals surface area contributed by atoms with Crippen LogP contribution in [-0.2, 0) is 0 Å². The van der Waals surface area contributed by atoms with Gasteiger partial charge in [-0.1, -0.05) is 13.8 Å². The van der Waals surface area contributed by atoms with Gasteiger partial charge in [-0.3, -0.25) is 0 Å². The van der Waals surface area contributed by atoms with Crippen molar-refractivity contribution in [1.82, 2.24) is 19.0 Å². The summed E-state index contributed by atoms with van der Waals surface area (Å²) < 4.78 is 13.0. The van der Waals surface area contributed by atoms with Gasteiger partial charge in [0.05, 0.1) is 11.7 Å². The van der Waals surface area contributed by atoms with Crippen LogP contribution in [0.5, 0.6) is 5.88 Å². The molecule has 110 valence electrons. The molecule has 0 aliphatic carbocycles. The molecule has 0 saturated heterocycles. The molecule has 0 fully saturated rings. The molecule has 1 atom stereocenters. The van der Waals surface area contributed by atoms with E-state index in [2.05, 4.69) is 32.8 Å². The zero-order chi connectivity index (χ0) is 13.9. The molecule has 0 aliphatic heterocycles. The van der Waals surface area contributed by atoms with Crippen LogP contribution in [0.4, 0.5) is 0 Å². The predicted molar refractivity (Wildman–Crippen MR) is 76.7 cm³/mol. The molecule has 1 unspecified atom stereocenters. The van der Waals surface area contributed by atoms with Gasteiger partial charge in [-0.25, -0.2) is 0 Å². The first kappa shape index (κ1) is 16.3. The van der Waals surface area contributed by atoms with Crippen LogP contribution >= 0.6 is 11.7 Å². The number of nitrogens with one attached hydrogen (secondary N) is 1. The molecule has 7 heteroatoms. The third-order valence-corrected chi connectivity index (χ3v) is 3.20. The van der Waals surface area contributed by atoms with Gasteiger partial charge in [-0.05, 0) is 19.5 Å². The lowest BCUT2D eigenvalue weighted by Crippen LogP contribution is -2.37. The predicted octanol–water partition coefficient (Wildman–Crippen LogP) is 0.599. The minimum absolute atomic E-state index is 0.241. The van der Waals surface area contributed by atoms with Crippen molar-refractivity contribution in [2.75, 3.05) is 39.3 Å². The van der Waals surface area contributed by atoms with E-state index in [0.717, 1.165) is 37.9 Å². The Labute approximate surface area is 119 Å². The van der Waals surface area contributed by atoms with Crippen molar-refractivity contribution in [3.63, 3.8) is 0 Å². The molecule has 0 bridgehead atoms. The lowest BCUT2D eigenvalue weighted by Gasteiger charge is -2.20. The highest BCUT2D eigenvalue weighted by Crippen LogP contribution is 2.04. The van der Waals surface area contributed by atoms with E-state index in [4.69, 9.17) is 4.74 Å². The average molecular weight is 288 g/mol. The molecule has 6 nitrogen and oxygen atoms in total. The lowest BCUT2D eigenvalue weighted by atomic mass is 10.3. The highest BCUT2D eigenvalue weighted by atomic mass is 32.1. The maximum Gasteiger partial charge on any atom is 0.245 e. The zero-order valence-corrected chi connectivity index (χ0v) is 12.5. The van der Waals surface area contributed by atoms with E-state index in [0.29, 0.717) is 12.4 Å². The SMILES string of the molecule is CCCN(CC)CCNCC(O)COc1cnsn1. The Bertz CT molecular complexity index is 311. The number of rotatable bonds is 11. The number of ether oxygens (including phenoxy) is 1. The molecular formula is C12H24N4O2S. The number of aromatic nitrogens is 2. The van der Waals surface area contributed by atoms with Crippen molar-refractivity contribution in [2.45, 2.75) is 26.4 Å². The molecule has 1 rings (SSSR count). The monoisotopic (exact) mass is 288 g/mol. The Morgan fingerprint density at radius 1 is 1.47 bits per heavy atom. The molecule has 0 aliphatic rings. The molecule has 2 N–H and O–H groups in total. The number of likely N-dealkylation sites (N-methyl/N-ethyl adjacent to an activating group) is 1. The van der Waals surface area contributed by atoms with E-state index < -0.39 is 6.10 Å². The summed E-state index contributed by atoms with van der Waals surface area (Å²) in [5.41, 5.74) is 0. The second kappa shape index (κ2) is 10.1. The summed E-state index contributed by atoms with van der Waals surface area (Å²) in [6.07, 6.45) is 2.20. The van der Waals surface area contributed by atoms with Gasteiger partial charge in [0, 0.05) is 19.6 Å². The number of aliphatic hydroxyl groups is 1. The topological polar surface area (TPSA) is 70.5 Å². The molecule has 0 amide bonds. The van der Waals surface area contributed by atoms with Crippen molar-refractivity contribution >= 4 is 11.7 Å². The van der Waals surface area contributed by atoms with Gasteiger partial charge >= 0.3 is 0 Å². The van der Waals surface area contributed by atoms with Crippen LogP contribution in [0, 0.1) is 0 Å². The fraction of sp³-hybridized carbons (Fsp3) is 0.833. The first-order chi connectivity index (χ1) is 9.26. The average Bonchev–Trinajstić information content (AvgIpc) is 2.93. The van der Waals surface area contributed by atoms with Crippen LogP contribution < -0.4 is 10.1 Å². The van der Waals surface area contributed by atoms with E-state index >= 15 is 0 Å². The van der Waals surface area contributed by atoms with Gasteiger partial charge in [0.1, 0.15) is 18.9 Å². The van der Waals surface area contributed by atoms with Gasteiger partial charge in [0.2, 0.25) is 5.88 Å². The molecule has 0 radical (unpaired) electrons. The third kappa shape index (κ3) is 7.41. The summed E-state index contributed by atoms with van der Waals surface area (Å²) in [7, 11) is 0. The summed E-state index contributed by atoms with van der Waals surface area (Å²) in [6, 6.07) is 0. The smallest absolute Gasteiger partial charge is 0.245 e. The number of aliphatic hydroxyl groups excluding tert-OH is 1. The van der Waals surface area contributed by atoms with Crippen LogP contribution in [0.15, 0.2) is 6.20 Å². The van der Waals surface area contributed by atoms with Gasteiger partial charge in [0.25, 0.3) is 0 Å². The Kier molecular flexibility index (Phi) is 8.64. The Morgan fingerprint density at radius 3 is 2.95 bits per heavy atom. The lowest BCUT2D eigenvalue weighted by molar-refractivity contribution is 0.103. The Hall–Kier alpha value is -0.760. The highest BCUT2D eigenvalue weighted by molar-refractivity contribution is 6.99. The molecular weight excluding hydrogens is 264 g/mol. The maximum absolute atomic E-state index is 9.73. The van der Waals surface area contributed by atoms with E-state index in [1.54, 1.807) is 6.20 Å². The van der Waals surface area contributed by atoms with Gasteiger partial charge in [-0.2, -0.15) is 4.37 Å². The minimum Gasteiger partial charge on any atom is -0.473 e. The quantitative estimate of drug-likeness (QED) is 0.581. The molecule has 1 aromatic rings. The highest BCUT2D eigenvalue weighted by Gasteiger charge is 2.06. The normalized spacial score (nSPS) is 12.8. The van der Waals surface area contributed by atoms with Gasteiger partial charge in [0.15, 0.2) is 0 Å². The molecule has 19 heavy (non-hydrogen) atoms. The first-order valence-corrected chi connectivity index (χ1v) is 7.50. The second-order valence-electron chi connectivity index (χ2n) is 4.35. The maximum atomic E-state index is 9.73. The van der Waals surface area contributed by atoms with Crippen LogP contribution in [-0.4, -0.2) is 64.2 Å². The summed E-state index contributed by atoms with van der Waals surface area (Å²) >= 11 is 1.10. The van der Waals surface area contributed by atoms with E-state index in [1.807, 2.05) is 0 Å². The standard InChI is InChI=1S/C12H24N4O2S/c1-3-6-16(4-2)7-5-13-8-11(17)10-18-12-9-14-19-15-12/h9,11,13,17H,3-8,10H2,1-2H3. The summed E-state index contributed by atoms with van der Waals surface area (Å²) in [4.78, 5) is 2.39. The Morgan fingerprint density at radius 2 is 2.32 bits per heavy atom. The zero-order valence-electron chi connectivity index (χ0n) is 11.7. The van der Waals surface area contributed by atoms with Crippen LogP contribution in [0.25, 0.3) is 0 Å². The molecule has 0 spiro atoms. The van der Waals surface area contributed by atoms with Crippen molar-refractivity contribution in [1.29, 1.82) is 0 Å². The van der Waals surface area contributed by atoms with E-state index in [1.165, 1.54) is 6.42 Å². The summed E-state index contributed by atoms with van der Waals surface area (Å²) in [6.45, 7) is 9.20. The van der Waals surface area contributed by atoms with Gasteiger partial charge < -0.3 is 20.1 Å². The molecule has 1 heterocycles. The van der Waals surface area contributed by atoms with Crippen molar-refractivity contribution < 1.29 is 9.84 Å². The molecule has 1 aromatic heterocycles. The fourth-order valence-electron chi connectivity index (χ4n) is 1.71. The Balaban J connectivity index is 2.02. The third-order valence-electron chi connectivity index (χ3n) is 2.74.